The van der Waals surface area contributed by atoms with Crippen LogP contribution in [0.15, 0.2) is 103 Å². The van der Waals surface area contributed by atoms with Gasteiger partial charge < -0.3 is 24.3 Å². The lowest BCUT2D eigenvalue weighted by molar-refractivity contribution is -0.235. The van der Waals surface area contributed by atoms with Gasteiger partial charge in [-0.3, -0.25) is 4.79 Å². The van der Waals surface area contributed by atoms with Crippen LogP contribution in [0.2, 0.25) is 0 Å². The average molecular weight is 687 g/mol. The third-order valence-electron chi connectivity index (χ3n) is 8.96. The van der Waals surface area contributed by atoms with Gasteiger partial charge in [-0.25, -0.2) is 18.5 Å². The molecule has 4 atom stereocenters. The van der Waals surface area contributed by atoms with E-state index in [2.05, 4.69) is 12.2 Å². The number of carbonyl (C=O) groups excluding carboxylic acids is 2. The highest BCUT2D eigenvalue weighted by atomic mass is 19.1. The van der Waals surface area contributed by atoms with Crippen molar-refractivity contribution in [2.75, 3.05) is 32.2 Å². The van der Waals surface area contributed by atoms with Crippen LogP contribution >= 0.6 is 0 Å². The monoisotopic (exact) mass is 686 g/mol. The van der Waals surface area contributed by atoms with E-state index in [0.29, 0.717) is 23.6 Å². The summed E-state index contributed by atoms with van der Waals surface area (Å²) in [4.78, 5) is 29.5. The second kappa shape index (κ2) is 17.2. The largest absolute Gasteiger partial charge is 0.494 e. The van der Waals surface area contributed by atoms with E-state index in [1.54, 1.807) is 24.3 Å². The Kier molecular flexibility index (Phi) is 12.6. The third-order valence-corrected chi connectivity index (χ3v) is 8.96. The van der Waals surface area contributed by atoms with Gasteiger partial charge >= 0.3 is 6.09 Å². The number of ether oxygens (including phenoxy) is 4. The maximum atomic E-state index is 15.0. The Labute approximate surface area is 292 Å². The highest BCUT2D eigenvalue weighted by Gasteiger charge is 2.45. The predicted molar refractivity (Wildman–Crippen MR) is 186 cm³/mol. The van der Waals surface area contributed by atoms with Crippen LogP contribution in [0.1, 0.15) is 68.3 Å². The normalized spacial score (nSPS) is 16.7. The molecule has 0 saturated carbocycles. The molecule has 1 N–H and O–H groups in total. The molecule has 4 aromatic rings. The van der Waals surface area contributed by atoms with Crippen molar-refractivity contribution in [3.8, 4) is 5.75 Å². The van der Waals surface area contributed by atoms with Gasteiger partial charge in [0.05, 0.1) is 18.6 Å². The summed E-state index contributed by atoms with van der Waals surface area (Å²) in [6.45, 7) is 4.78. The highest BCUT2D eigenvalue weighted by molar-refractivity contribution is 5.95. The van der Waals surface area contributed by atoms with Gasteiger partial charge in [0.15, 0.2) is 5.79 Å². The number of hydrogen-bond acceptors (Lipinski definition) is 7. The number of halogens is 2. The Balaban J connectivity index is 1.59. The van der Waals surface area contributed by atoms with Gasteiger partial charge in [0, 0.05) is 31.4 Å². The van der Waals surface area contributed by atoms with E-state index in [9.17, 15) is 18.4 Å². The smallest absolute Gasteiger partial charge is 0.417 e. The number of nitrogens with zero attached hydrogens (tertiary/aromatic N) is 1. The van der Waals surface area contributed by atoms with Crippen molar-refractivity contribution < 1.29 is 37.3 Å². The van der Waals surface area contributed by atoms with Crippen molar-refractivity contribution in [2.24, 2.45) is 5.92 Å². The number of methoxy groups -OCH3 is 1. The number of imide groups is 1. The summed E-state index contributed by atoms with van der Waals surface area (Å²) in [6.07, 6.45) is 1.49. The van der Waals surface area contributed by atoms with E-state index >= 15 is 0 Å². The molecule has 5 rings (SSSR count). The number of nitrogens with one attached hydrogen (secondary N) is 1. The number of anilines is 1. The fourth-order valence-electron chi connectivity index (χ4n) is 6.31. The van der Waals surface area contributed by atoms with E-state index in [-0.39, 0.29) is 26.1 Å². The molecule has 0 aliphatic carbocycles. The van der Waals surface area contributed by atoms with Crippen LogP contribution in [-0.4, -0.2) is 43.8 Å². The molecule has 10 heteroatoms. The first-order chi connectivity index (χ1) is 24.3. The molecule has 0 aromatic heterocycles. The van der Waals surface area contributed by atoms with E-state index in [4.69, 9.17) is 18.9 Å². The van der Waals surface area contributed by atoms with Gasteiger partial charge in [0.1, 0.15) is 30.0 Å². The van der Waals surface area contributed by atoms with Gasteiger partial charge in [-0.15, -0.1) is 0 Å². The number of benzene rings is 4. The zero-order valence-corrected chi connectivity index (χ0v) is 28.6. The lowest BCUT2D eigenvalue weighted by Gasteiger charge is -2.36. The molecule has 1 aliphatic heterocycles. The number of unbranched alkanes of at least 4 members (excludes halogenated alkanes) is 1. The van der Waals surface area contributed by atoms with Crippen molar-refractivity contribution in [2.45, 2.75) is 57.4 Å². The molecule has 0 bridgehead atoms. The topological polar surface area (TPSA) is 86.3 Å². The molecule has 1 fully saturated rings. The average Bonchev–Trinajstić information content (AvgIpc) is 3.53. The van der Waals surface area contributed by atoms with Crippen molar-refractivity contribution in [1.29, 1.82) is 0 Å². The number of hydrogen-bond donors (Lipinski definition) is 1. The van der Waals surface area contributed by atoms with Gasteiger partial charge in [-0.1, -0.05) is 67.9 Å². The third kappa shape index (κ3) is 8.67. The van der Waals surface area contributed by atoms with Crippen molar-refractivity contribution in [3.05, 3.63) is 131 Å². The molecule has 4 aromatic carbocycles. The Morgan fingerprint density at radius 1 is 0.940 bits per heavy atom. The van der Waals surface area contributed by atoms with Crippen LogP contribution < -0.4 is 10.1 Å². The molecule has 264 valence electrons. The van der Waals surface area contributed by atoms with Crippen LogP contribution in [0.3, 0.4) is 0 Å². The molecule has 1 saturated heterocycles. The van der Waals surface area contributed by atoms with E-state index in [1.807, 2.05) is 61.5 Å². The standard InChI is InChI=1S/C40H44F2N2O6/c1-4-6-26-48-34-22-12-29(13-23-34)37(43-33-20-18-32(42)19-21-33)35(24-25-40(47-3,50-5-2)30-14-16-31(41)17-15-30)38(45)44-36(27-49-39(44)46)28-10-8-7-9-11-28/h7-23,35-37,43H,4-6,24-27H2,1-3H3/t35?,36-,37-,40?/m1/s1. The summed E-state index contributed by atoms with van der Waals surface area (Å²) in [7, 11) is 1.50. The van der Waals surface area contributed by atoms with E-state index in [1.165, 1.54) is 36.3 Å². The summed E-state index contributed by atoms with van der Waals surface area (Å²) in [5.74, 6) is -2.83. The van der Waals surface area contributed by atoms with Crippen LogP contribution in [0, 0.1) is 17.6 Å². The zero-order valence-electron chi connectivity index (χ0n) is 28.6. The van der Waals surface area contributed by atoms with Crippen LogP contribution in [0.4, 0.5) is 19.3 Å². The van der Waals surface area contributed by atoms with Crippen LogP contribution in [0.25, 0.3) is 0 Å². The van der Waals surface area contributed by atoms with E-state index < -0.39 is 47.4 Å². The molecule has 1 aliphatic rings. The second-order valence-corrected chi connectivity index (χ2v) is 12.2. The van der Waals surface area contributed by atoms with Crippen molar-refractivity contribution in [1.82, 2.24) is 4.90 Å². The van der Waals surface area contributed by atoms with Crippen LogP contribution in [0.5, 0.6) is 5.75 Å². The van der Waals surface area contributed by atoms with Gasteiger partial charge in [-0.05, 0) is 79.4 Å². The van der Waals surface area contributed by atoms with Crippen molar-refractivity contribution >= 4 is 17.7 Å². The molecule has 0 spiro atoms. The highest BCUT2D eigenvalue weighted by Crippen LogP contribution is 2.41. The van der Waals surface area contributed by atoms with Crippen molar-refractivity contribution in [3.63, 3.8) is 0 Å². The van der Waals surface area contributed by atoms with Gasteiger partial charge in [0.25, 0.3) is 0 Å². The molecule has 1 heterocycles. The first-order valence-corrected chi connectivity index (χ1v) is 17.0. The molecule has 50 heavy (non-hydrogen) atoms. The predicted octanol–water partition coefficient (Wildman–Crippen LogP) is 8.95. The molecule has 2 unspecified atom stereocenters. The maximum absolute atomic E-state index is 15.0. The number of rotatable bonds is 17. The Morgan fingerprint density at radius 2 is 1.60 bits per heavy atom. The Hall–Kier alpha value is -4.80. The van der Waals surface area contributed by atoms with E-state index in [0.717, 1.165) is 24.0 Å². The molecular weight excluding hydrogens is 642 g/mol. The quantitative estimate of drug-likeness (QED) is 0.0877. The number of carbonyl (C=O) groups is 2. The zero-order chi connectivity index (χ0) is 35.5. The first kappa shape index (κ1) is 36.5. The Morgan fingerprint density at radius 3 is 2.22 bits per heavy atom. The Bertz CT molecular complexity index is 1670. The first-order valence-electron chi connectivity index (χ1n) is 17.0. The van der Waals surface area contributed by atoms with Gasteiger partial charge in [-0.2, -0.15) is 0 Å². The number of cyclic esters (lactones) is 1. The summed E-state index contributed by atoms with van der Waals surface area (Å²) < 4.78 is 51.6. The second-order valence-electron chi connectivity index (χ2n) is 12.2. The number of amides is 2. The minimum absolute atomic E-state index is 0.0116. The summed E-state index contributed by atoms with van der Waals surface area (Å²) in [6, 6.07) is 27.1. The maximum Gasteiger partial charge on any atom is 0.417 e. The summed E-state index contributed by atoms with van der Waals surface area (Å²) in [5, 5.41) is 3.46. The van der Waals surface area contributed by atoms with Gasteiger partial charge in [0.2, 0.25) is 5.91 Å². The van der Waals surface area contributed by atoms with Crippen LogP contribution in [-0.2, 0) is 24.8 Å². The lowest BCUT2D eigenvalue weighted by atomic mass is 9.84. The minimum atomic E-state index is -1.33. The molecular formula is C40H44F2N2O6. The lowest BCUT2D eigenvalue weighted by Crippen LogP contribution is -2.43. The molecule has 2 amide bonds. The minimum Gasteiger partial charge on any atom is -0.494 e. The molecule has 8 nitrogen and oxygen atoms in total. The molecule has 0 radical (unpaired) electrons. The fraction of sp³-hybridized carbons (Fsp3) is 0.350. The fourth-order valence-corrected chi connectivity index (χ4v) is 6.31. The summed E-state index contributed by atoms with van der Waals surface area (Å²) >= 11 is 0. The SMILES string of the molecule is CCCCOc1ccc([C@@H](Nc2ccc(F)cc2)C(CCC(OC)(OCC)c2ccc(F)cc2)C(=O)N2C(=O)OC[C@@H]2c2ccccc2)cc1. The summed E-state index contributed by atoms with van der Waals surface area (Å²) in [5.41, 5.74) is 2.64.